The van der Waals surface area contributed by atoms with Gasteiger partial charge in [-0.1, -0.05) is 54.1 Å². The lowest BCUT2D eigenvalue weighted by Crippen LogP contribution is -1.82. The molecular weight excluding hydrogens is 294 g/mol. The summed E-state index contributed by atoms with van der Waals surface area (Å²) in [6.07, 6.45) is 0. The summed E-state index contributed by atoms with van der Waals surface area (Å²) in [5.41, 5.74) is 4.66. The van der Waals surface area contributed by atoms with Crippen LogP contribution in [0.2, 0.25) is 5.02 Å². The molecule has 3 heteroatoms. The molecule has 0 bridgehead atoms. The molecule has 0 spiro atoms. The third-order valence-corrected chi connectivity index (χ3v) is 3.76. The second-order valence-corrected chi connectivity index (χ2v) is 5.52. The smallest absolute Gasteiger partial charge is 0.227 e. The third-order valence-electron chi connectivity index (χ3n) is 3.55. The highest BCUT2D eigenvalue weighted by molar-refractivity contribution is 6.31. The van der Waals surface area contributed by atoms with E-state index in [9.17, 15) is 0 Å². The summed E-state index contributed by atoms with van der Waals surface area (Å²) in [4.78, 5) is 4.53. The van der Waals surface area contributed by atoms with Crippen LogP contribution in [0.4, 0.5) is 0 Å². The third kappa shape index (κ3) is 2.38. The van der Waals surface area contributed by atoms with Crippen LogP contribution in [0.25, 0.3) is 33.7 Å². The topological polar surface area (TPSA) is 26.0 Å². The maximum Gasteiger partial charge on any atom is 0.227 e. The summed E-state index contributed by atoms with van der Waals surface area (Å²) < 4.78 is 5.83. The fourth-order valence-electron chi connectivity index (χ4n) is 2.51. The van der Waals surface area contributed by atoms with Crippen LogP contribution in [0.5, 0.6) is 0 Å². The molecular formula is C19H12ClNO. The molecule has 0 unspecified atom stereocenters. The Bertz CT molecular complexity index is 911. The van der Waals surface area contributed by atoms with Crippen molar-refractivity contribution in [2.75, 3.05) is 0 Å². The molecule has 0 radical (unpaired) electrons. The molecule has 4 aromatic rings. The maximum atomic E-state index is 6.28. The quantitative estimate of drug-likeness (QED) is 0.466. The Morgan fingerprint density at radius 3 is 2.27 bits per heavy atom. The molecule has 0 aliphatic rings. The van der Waals surface area contributed by atoms with Crippen molar-refractivity contribution in [3.8, 4) is 22.6 Å². The molecule has 106 valence electrons. The first-order valence-corrected chi connectivity index (χ1v) is 7.39. The first kappa shape index (κ1) is 13.1. The highest BCUT2D eigenvalue weighted by Gasteiger charge is 2.10. The van der Waals surface area contributed by atoms with Gasteiger partial charge in [0.25, 0.3) is 0 Å². The van der Waals surface area contributed by atoms with Gasteiger partial charge in [-0.3, -0.25) is 0 Å². The van der Waals surface area contributed by atoms with Crippen molar-refractivity contribution >= 4 is 22.7 Å². The van der Waals surface area contributed by atoms with Gasteiger partial charge in [0.15, 0.2) is 5.58 Å². The zero-order chi connectivity index (χ0) is 14.9. The zero-order valence-electron chi connectivity index (χ0n) is 11.7. The number of para-hydroxylation sites is 2. The highest BCUT2D eigenvalue weighted by Crippen LogP contribution is 2.31. The molecule has 1 aromatic heterocycles. The lowest BCUT2D eigenvalue weighted by Gasteiger charge is -2.04. The first-order chi connectivity index (χ1) is 10.8. The van der Waals surface area contributed by atoms with Crippen LogP contribution in [0, 0.1) is 0 Å². The molecule has 0 N–H and O–H groups in total. The number of benzene rings is 3. The Morgan fingerprint density at radius 2 is 1.45 bits per heavy atom. The monoisotopic (exact) mass is 305 g/mol. The van der Waals surface area contributed by atoms with Crippen molar-refractivity contribution in [1.82, 2.24) is 4.98 Å². The molecule has 0 fully saturated rings. The van der Waals surface area contributed by atoms with Gasteiger partial charge in [0.2, 0.25) is 5.89 Å². The molecule has 1 heterocycles. The van der Waals surface area contributed by atoms with Crippen LogP contribution < -0.4 is 0 Å². The van der Waals surface area contributed by atoms with Crippen molar-refractivity contribution in [3.05, 3.63) is 77.8 Å². The Kier molecular flexibility index (Phi) is 3.17. The normalized spacial score (nSPS) is 11.0. The Balaban J connectivity index is 1.86. The summed E-state index contributed by atoms with van der Waals surface area (Å²) in [6, 6.07) is 23.7. The van der Waals surface area contributed by atoms with Crippen LogP contribution in [0.3, 0.4) is 0 Å². The molecule has 22 heavy (non-hydrogen) atoms. The minimum Gasteiger partial charge on any atom is -0.436 e. The number of oxazole rings is 1. The van der Waals surface area contributed by atoms with E-state index in [1.54, 1.807) is 0 Å². The van der Waals surface area contributed by atoms with Gasteiger partial charge >= 0.3 is 0 Å². The molecule has 0 aliphatic carbocycles. The Labute approximate surface area is 133 Å². The molecule has 2 nitrogen and oxygen atoms in total. The lowest BCUT2D eigenvalue weighted by atomic mass is 10.0. The van der Waals surface area contributed by atoms with E-state index in [1.807, 2.05) is 60.7 Å². The number of nitrogens with zero attached hydrogens (tertiary/aromatic N) is 1. The molecule has 4 rings (SSSR count). The van der Waals surface area contributed by atoms with Crippen molar-refractivity contribution in [2.24, 2.45) is 0 Å². The van der Waals surface area contributed by atoms with Gasteiger partial charge in [-0.2, -0.15) is 0 Å². The van der Waals surface area contributed by atoms with Gasteiger partial charge in [0, 0.05) is 10.6 Å². The average molecular weight is 306 g/mol. The Hall–Kier alpha value is -2.58. The van der Waals surface area contributed by atoms with Crippen molar-refractivity contribution < 1.29 is 4.42 Å². The van der Waals surface area contributed by atoms with E-state index in [-0.39, 0.29) is 0 Å². The van der Waals surface area contributed by atoms with Crippen LogP contribution >= 0.6 is 11.6 Å². The Morgan fingerprint density at radius 1 is 0.727 bits per heavy atom. The minimum absolute atomic E-state index is 0.584. The summed E-state index contributed by atoms with van der Waals surface area (Å²) in [5.74, 6) is 0.584. The van der Waals surface area contributed by atoms with Gasteiger partial charge in [-0.15, -0.1) is 0 Å². The number of aromatic nitrogens is 1. The SMILES string of the molecule is Clc1cc(-c2ccccc2)cc(-c2nc3ccccc3o2)c1. The summed E-state index contributed by atoms with van der Waals surface area (Å²) in [7, 11) is 0. The van der Waals surface area contributed by atoms with Crippen molar-refractivity contribution in [2.45, 2.75) is 0 Å². The van der Waals surface area contributed by atoms with E-state index < -0.39 is 0 Å². The van der Waals surface area contributed by atoms with Gasteiger partial charge in [0.05, 0.1) is 0 Å². The number of hydrogen-bond donors (Lipinski definition) is 0. The van der Waals surface area contributed by atoms with Gasteiger partial charge in [-0.25, -0.2) is 4.98 Å². The second-order valence-electron chi connectivity index (χ2n) is 5.08. The lowest BCUT2D eigenvalue weighted by molar-refractivity contribution is 0.620. The minimum atomic E-state index is 0.584. The average Bonchev–Trinajstić information content (AvgIpc) is 2.99. The molecule has 3 aromatic carbocycles. The zero-order valence-corrected chi connectivity index (χ0v) is 12.4. The summed E-state index contributed by atoms with van der Waals surface area (Å²) in [5, 5.41) is 0.665. The highest BCUT2D eigenvalue weighted by atomic mass is 35.5. The van der Waals surface area contributed by atoms with E-state index in [2.05, 4.69) is 17.1 Å². The molecule has 0 aliphatic heterocycles. The second kappa shape index (κ2) is 5.32. The molecule has 0 saturated heterocycles. The van der Waals surface area contributed by atoms with E-state index >= 15 is 0 Å². The van der Waals surface area contributed by atoms with Gasteiger partial charge in [-0.05, 0) is 41.5 Å². The number of fused-ring (bicyclic) bond motifs is 1. The first-order valence-electron chi connectivity index (χ1n) is 7.01. The van der Waals surface area contributed by atoms with Gasteiger partial charge < -0.3 is 4.42 Å². The molecule has 0 amide bonds. The van der Waals surface area contributed by atoms with Crippen molar-refractivity contribution in [3.63, 3.8) is 0 Å². The number of halogens is 1. The van der Waals surface area contributed by atoms with Crippen LogP contribution in [0.15, 0.2) is 77.2 Å². The summed E-state index contributed by atoms with van der Waals surface area (Å²) >= 11 is 6.28. The van der Waals surface area contributed by atoms with E-state index in [0.29, 0.717) is 10.9 Å². The fraction of sp³-hybridized carbons (Fsp3) is 0. The standard InChI is InChI=1S/C19H12ClNO/c20-16-11-14(13-6-2-1-3-7-13)10-15(12-16)19-21-17-8-4-5-9-18(17)22-19/h1-12H. The van der Waals surface area contributed by atoms with E-state index in [1.165, 1.54) is 0 Å². The predicted octanol–water partition coefficient (Wildman–Crippen LogP) is 5.82. The van der Waals surface area contributed by atoms with Gasteiger partial charge in [0.1, 0.15) is 5.52 Å². The van der Waals surface area contributed by atoms with Crippen molar-refractivity contribution in [1.29, 1.82) is 0 Å². The van der Waals surface area contributed by atoms with E-state index in [0.717, 1.165) is 27.8 Å². The largest absolute Gasteiger partial charge is 0.436 e. The number of rotatable bonds is 2. The predicted molar refractivity (Wildman–Crippen MR) is 89.9 cm³/mol. The van der Waals surface area contributed by atoms with E-state index in [4.69, 9.17) is 16.0 Å². The summed E-state index contributed by atoms with van der Waals surface area (Å²) in [6.45, 7) is 0. The van der Waals surface area contributed by atoms with Crippen LogP contribution in [0.1, 0.15) is 0 Å². The fourth-order valence-corrected chi connectivity index (χ4v) is 2.74. The molecule has 0 atom stereocenters. The van der Waals surface area contributed by atoms with Crippen LogP contribution in [-0.4, -0.2) is 4.98 Å². The maximum absolute atomic E-state index is 6.28. The molecule has 0 saturated carbocycles. The number of hydrogen-bond acceptors (Lipinski definition) is 2. The van der Waals surface area contributed by atoms with Crippen LogP contribution in [-0.2, 0) is 0 Å².